The Hall–Kier alpha value is -9.13. The Morgan fingerprint density at radius 3 is 2.25 bits per heavy atom. The average molecular weight is 1100 g/mol. The molecule has 24 nitrogen and oxygen atoms in total. The number of esters is 2. The Balaban J connectivity index is 0.000000210. The molecule has 6 aromatic rings. The Morgan fingerprint density at radius 1 is 0.900 bits per heavy atom. The maximum atomic E-state index is 14.2. The van der Waals surface area contributed by atoms with E-state index in [0.717, 1.165) is 6.07 Å². The van der Waals surface area contributed by atoms with Crippen molar-refractivity contribution in [1.29, 1.82) is 5.26 Å². The van der Waals surface area contributed by atoms with Crippen LogP contribution in [-0.2, 0) is 32.2 Å². The first kappa shape index (κ1) is 57.1. The van der Waals surface area contributed by atoms with Crippen molar-refractivity contribution in [3.63, 3.8) is 0 Å². The summed E-state index contributed by atoms with van der Waals surface area (Å²) in [6.45, 7) is 1.98. The number of methoxy groups -OCH3 is 1. The van der Waals surface area contributed by atoms with Crippen LogP contribution in [0.3, 0.4) is 0 Å². The number of pyridine rings is 1. The number of nitrogens with zero attached hydrogens (tertiary/aromatic N) is 4. The number of fused-ring (bicyclic) bond motifs is 3. The highest BCUT2D eigenvalue weighted by Gasteiger charge is 2.50. The molecule has 9 rings (SSSR count). The fraction of sp³-hybridized carbons (Fsp3) is 0.273. The number of hydrogen-bond acceptors (Lipinski definition) is 22. The number of phenols is 2. The van der Waals surface area contributed by atoms with E-state index in [9.17, 15) is 73.5 Å². The number of rotatable bonds is 13. The number of aliphatic hydroxyl groups is 3. The summed E-state index contributed by atoms with van der Waals surface area (Å²) in [7, 11) is 1.32. The van der Waals surface area contributed by atoms with E-state index in [0.29, 0.717) is 10.8 Å². The van der Waals surface area contributed by atoms with Crippen LogP contribution in [-0.4, -0.2) is 125 Å². The highest BCUT2D eigenvalue weighted by molar-refractivity contribution is 6.31. The van der Waals surface area contributed by atoms with Crippen molar-refractivity contribution < 1.29 is 87.1 Å². The van der Waals surface area contributed by atoms with Gasteiger partial charge in [0.1, 0.15) is 47.8 Å². The summed E-state index contributed by atoms with van der Waals surface area (Å²) in [5.41, 5.74) is -0.720. The number of nitrogens with two attached hydrogens (primary N) is 1. The van der Waals surface area contributed by atoms with Gasteiger partial charge >= 0.3 is 17.6 Å². The van der Waals surface area contributed by atoms with Gasteiger partial charge in [0.15, 0.2) is 17.9 Å². The Kier molecular flexibility index (Phi) is 16.7. The molecule has 2 aliphatic carbocycles. The summed E-state index contributed by atoms with van der Waals surface area (Å²) >= 11 is 0. The molecule has 80 heavy (non-hydrogen) atoms. The van der Waals surface area contributed by atoms with E-state index in [1.54, 1.807) is 38.1 Å². The Bertz CT molecular complexity index is 3660. The van der Waals surface area contributed by atoms with E-state index in [1.165, 1.54) is 67.8 Å². The number of hydrogen-bond donors (Lipinski definition) is 6. The fourth-order valence-corrected chi connectivity index (χ4v) is 9.21. The lowest BCUT2D eigenvalue weighted by Gasteiger charge is -2.42. The van der Waals surface area contributed by atoms with Crippen LogP contribution in [0.1, 0.15) is 112 Å². The third-order valence-electron chi connectivity index (χ3n) is 13.3. The Morgan fingerprint density at radius 2 is 1.57 bits per heavy atom. The van der Waals surface area contributed by atoms with Crippen molar-refractivity contribution in [2.24, 2.45) is 5.73 Å². The van der Waals surface area contributed by atoms with Crippen LogP contribution in [0.25, 0.3) is 0 Å². The first-order chi connectivity index (χ1) is 38.2. The standard InChI is InChI=1S/C28H19FN4O8.C27H29NO11/c1-2-39-16-32-15-21(29)25(35)33(28(32)38)24(34)18-9-6-10-19(13-18)27(37)41-23-20(14-30)11-12-22(31-23)40-26(36)17-7-4-3-5-8-17;1-10-22(31)13(28)6-17(38-10)39-15-8-27(36,16(30)9-29)7-12-19(15)26(35)21-20(24(12)33)23(32)11-4-3-5-14(37-2)18(11)25(21)34/h3-13,15H,2,16H2,1H3;3-5,10,13,15,17,22,29,31,33,35-36H,6-9,28H2,1-2H3/t;10-,13-,15-,17-,22-,27-/m.0/s1. The van der Waals surface area contributed by atoms with Crippen molar-refractivity contribution in [2.45, 2.75) is 76.1 Å². The summed E-state index contributed by atoms with van der Waals surface area (Å²) in [6, 6.07) is 20.7. The molecule has 0 bridgehead atoms. The number of ether oxygens (including phenoxy) is 6. The summed E-state index contributed by atoms with van der Waals surface area (Å²) < 4.78 is 47.5. The van der Waals surface area contributed by atoms with Crippen LogP contribution in [0.4, 0.5) is 4.39 Å². The third-order valence-corrected chi connectivity index (χ3v) is 13.3. The van der Waals surface area contributed by atoms with Gasteiger partial charge in [0.05, 0.1) is 59.4 Å². The molecule has 414 valence electrons. The summed E-state index contributed by atoms with van der Waals surface area (Å²) in [5, 5.41) is 63.1. The topological polar surface area (TPSA) is 366 Å². The van der Waals surface area contributed by atoms with E-state index in [4.69, 9.17) is 34.2 Å². The largest absolute Gasteiger partial charge is 0.507 e. The molecule has 2 aromatic heterocycles. The predicted octanol–water partition coefficient (Wildman–Crippen LogP) is 2.54. The molecular formula is C55H48FN5O19. The van der Waals surface area contributed by atoms with Crippen LogP contribution in [0, 0.1) is 17.1 Å². The molecule has 0 amide bonds. The number of halogens is 1. The van der Waals surface area contributed by atoms with Gasteiger partial charge in [-0.3, -0.25) is 28.5 Å². The van der Waals surface area contributed by atoms with Crippen molar-refractivity contribution in [3.05, 3.63) is 173 Å². The van der Waals surface area contributed by atoms with E-state index < -0.39 is 143 Å². The molecule has 25 heteroatoms. The van der Waals surface area contributed by atoms with Crippen molar-refractivity contribution in [2.75, 3.05) is 20.3 Å². The second-order valence-electron chi connectivity index (χ2n) is 18.3. The molecular weight excluding hydrogens is 1050 g/mol. The maximum absolute atomic E-state index is 14.2. The number of benzene rings is 4. The zero-order valence-electron chi connectivity index (χ0n) is 42.5. The lowest BCUT2D eigenvalue weighted by Crippen LogP contribution is -2.53. The van der Waals surface area contributed by atoms with Gasteiger partial charge in [-0.05, 0) is 56.3 Å². The van der Waals surface area contributed by atoms with Gasteiger partial charge in [-0.1, -0.05) is 36.4 Å². The van der Waals surface area contributed by atoms with Gasteiger partial charge in [-0.2, -0.15) is 19.2 Å². The molecule has 0 radical (unpaired) electrons. The number of ketones is 3. The minimum absolute atomic E-state index is 0.0173. The van der Waals surface area contributed by atoms with Crippen LogP contribution < -0.4 is 31.2 Å². The predicted molar refractivity (Wildman–Crippen MR) is 270 cm³/mol. The van der Waals surface area contributed by atoms with Gasteiger partial charge in [0, 0.05) is 60.2 Å². The van der Waals surface area contributed by atoms with Crippen LogP contribution in [0.5, 0.6) is 29.0 Å². The van der Waals surface area contributed by atoms with Crippen LogP contribution >= 0.6 is 0 Å². The second-order valence-corrected chi connectivity index (χ2v) is 18.3. The number of aromatic hydroxyl groups is 2. The van der Waals surface area contributed by atoms with E-state index in [2.05, 4.69) is 4.98 Å². The molecule has 3 heterocycles. The summed E-state index contributed by atoms with van der Waals surface area (Å²) in [4.78, 5) is 107. The molecule has 4 aromatic carbocycles. The zero-order chi connectivity index (χ0) is 57.9. The molecule has 6 atom stereocenters. The molecule has 0 saturated carbocycles. The van der Waals surface area contributed by atoms with Crippen molar-refractivity contribution >= 4 is 35.2 Å². The highest BCUT2D eigenvalue weighted by Crippen LogP contribution is 2.52. The molecule has 7 N–H and O–H groups in total. The molecule has 0 unspecified atom stereocenters. The van der Waals surface area contributed by atoms with Gasteiger partial charge in [-0.25, -0.2) is 14.4 Å². The molecule has 1 saturated heterocycles. The van der Waals surface area contributed by atoms with Crippen molar-refractivity contribution in [1.82, 2.24) is 14.1 Å². The highest BCUT2D eigenvalue weighted by atomic mass is 19.1. The number of nitriles is 1. The van der Waals surface area contributed by atoms with Crippen LogP contribution in [0.15, 0.2) is 101 Å². The Labute approximate surface area is 451 Å². The van der Waals surface area contributed by atoms with Crippen molar-refractivity contribution in [3.8, 4) is 35.1 Å². The molecule has 1 fully saturated rings. The first-order valence-electron chi connectivity index (χ1n) is 24.3. The van der Waals surface area contributed by atoms with E-state index in [1.807, 2.05) is 0 Å². The quantitative estimate of drug-likeness (QED) is 0.0713. The number of carbonyl (C=O) groups excluding carboxylic acids is 6. The number of phenolic OH excluding ortho intramolecular Hbond substituents is 2. The first-order valence-corrected chi connectivity index (χ1v) is 24.3. The average Bonchev–Trinajstić information content (AvgIpc) is 3.48. The molecule has 0 spiro atoms. The van der Waals surface area contributed by atoms with Gasteiger partial charge in [-0.15, -0.1) is 0 Å². The summed E-state index contributed by atoms with van der Waals surface area (Å²) in [6.07, 6.45) is -4.49. The minimum Gasteiger partial charge on any atom is -0.507 e. The number of aromatic nitrogens is 3. The normalized spacial score (nSPS) is 19.9. The number of aliphatic hydroxyl groups excluding tert-OH is 2. The second kappa shape index (κ2) is 23.5. The number of Topliss-reactive ketones (excluding diaryl/α,β-unsaturated/α-hetero) is 1. The zero-order valence-corrected chi connectivity index (χ0v) is 42.5. The van der Waals surface area contributed by atoms with E-state index in [-0.39, 0.29) is 73.7 Å². The monoisotopic (exact) mass is 1100 g/mol. The van der Waals surface area contributed by atoms with E-state index >= 15 is 0 Å². The minimum atomic E-state index is -2.24. The molecule has 1 aliphatic heterocycles. The van der Waals surface area contributed by atoms with Gasteiger partial charge < -0.3 is 59.7 Å². The third kappa shape index (κ3) is 11.0. The molecule has 3 aliphatic rings. The lowest BCUT2D eigenvalue weighted by atomic mass is 9.72. The smallest absolute Gasteiger partial charge is 0.344 e. The van der Waals surface area contributed by atoms with Crippen LogP contribution in [0.2, 0.25) is 0 Å². The van der Waals surface area contributed by atoms with Gasteiger partial charge in [0.25, 0.3) is 11.5 Å². The van der Waals surface area contributed by atoms with Gasteiger partial charge in [0.2, 0.25) is 23.4 Å². The summed E-state index contributed by atoms with van der Waals surface area (Å²) in [5.74, 6) is -8.88. The SMILES string of the molecule is CCOCn1cc(F)c(=O)n(C(=O)c2cccc(C(=O)Oc3nc(OC(=O)c4ccccc4)ccc3C#N)c2)c1=O.COc1cccc2c1C(=O)c1c(O)c3c(c(O)c1C2=O)C[C@@](O)(C(=O)CO)C[C@@H]3O[C@H]1C[C@H](N)[C@@H](O)[C@H](C)O1. The number of carbonyl (C=O) groups is 6. The lowest BCUT2D eigenvalue weighted by molar-refractivity contribution is -0.247. The fourth-order valence-electron chi connectivity index (χ4n) is 9.21. The maximum Gasteiger partial charge on any atom is 0.344 e.